The fraction of sp³-hybridized carbons (Fsp3) is 0.250. The molecule has 26 heavy (non-hydrogen) atoms. The van der Waals surface area contributed by atoms with E-state index in [4.69, 9.17) is 4.74 Å². The van der Waals surface area contributed by atoms with Gasteiger partial charge in [0.15, 0.2) is 0 Å². The van der Waals surface area contributed by atoms with E-state index in [-0.39, 0.29) is 11.9 Å². The molecule has 1 saturated heterocycles. The van der Waals surface area contributed by atoms with Gasteiger partial charge < -0.3 is 4.74 Å². The molecule has 5 nitrogen and oxygen atoms in total. The molecule has 1 atom stereocenters. The van der Waals surface area contributed by atoms with Crippen LogP contribution in [0.1, 0.15) is 17.4 Å². The van der Waals surface area contributed by atoms with E-state index < -0.39 is 0 Å². The van der Waals surface area contributed by atoms with Crippen molar-refractivity contribution in [3.8, 4) is 11.3 Å². The van der Waals surface area contributed by atoms with Crippen molar-refractivity contribution >= 4 is 0 Å². The largest absolute Gasteiger partial charge is 0.369 e. The van der Waals surface area contributed by atoms with Gasteiger partial charge in [-0.25, -0.2) is 4.39 Å². The number of benzene rings is 1. The van der Waals surface area contributed by atoms with Crippen molar-refractivity contribution in [2.75, 3.05) is 19.7 Å². The normalized spacial score (nSPS) is 18.0. The molecule has 2 aromatic heterocycles. The zero-order valence-corrected chi connectivity index (χ0v) is 14.3. The molecule has 4 rings (SSSR count). The zero-order chi connectivity index (χ0) is 17.8. The first kappa shape index (κ1) is 16.8. The molecule has 0 radical (unpaired) electrons. The first-order chi connectivity index (χ1) is 12.8. The molecule has 1 fully saturated rings. The lowest BCUT2D eigenvalue weighted by molar-refractivity contribution is -0.0348. The average Bonchev–Trinajstić information content (AvgIpc) is 2.69. The molecule has 0 saturated carbocycles. The number of rotatable bonds is 4. The van der Waals surface area contributed by atoms with Gasteiger partial charge in [0.25, 0.3) is 0 Å². The van der Waals surface area contributed by atoms with Gasteiger partial charge in [-0.3, -0.25) is 19.9 Å². The van der Waals surface area contributed by atoms with E-state index in [9.17, 15) is 4.39 Å². The molecule has 0 unspecified atom stereocenters. The van der Waals surface area contributed by atoms with Crippen LogP contribution in [-0.2, 0) is 11.3 Å². The Morgan fingerprint density at radius 3 is 2.88 bits per heavy atom. The third-order valence-corrected chi connectivity index (χ3v) is 4.41. The van der Waals surface area contributed by atoms with E-state index >= 15 is 0 Å². The molecular weight excluding hydrogens is 331 g/mol. The summed E-state index contributed by atoms with van der Waals surface area (Å²) in [4.78, 5) is 15.4. The van der Waals surface area contributed by atoms with Crippen molar-refractivity contribution in [3.63, 3.8) is 0 Å². The summed E-state index contributed by atoms with van der Waals surface area (Å²) in [6.07, 6.45) is 6.73. The van der Waals surface area contributed by atoms with Crippen LogP contribution in [0.25, 0.3) is 11.3 Å². The summed E-state index contributed by atoms with van der Waals surface area (Å²) in [7, 11) is 0. The van der Waals surface area contributed by atoms with Gasteiger partial charge in [-0.1, -0.05) is 18.2 Å². The second-order valence-corrected chi connectivity index (χ2v) is 6.26. The van der Waals surface area contributed by atoms with Crippen molar-refractivity contribution in [1.82, 2.24) is 19.9 Å². The number of hydrogen-bond donors (Lipinski definition) is 0. The molecular formula is C20H19FN4O. The standard InChI is InChI=1S/C20H19FN4O/c21-17-5-1-4-16(11-17)19-20(24-8-7-23-19)18-14-25(9-10-26-18)13-15-3-2-6-22-12-15/h1-8,11-12,18H,9-10,13-14H2/t18-/m1/s1. The third-order valence-electron chi connectivity index (χ3n) is 4.41. The minimum atomic E-state index is -0.290. The topological polar surface area (TPSA) is 51.1 Å². The summed E-state index contributed by atoms with van der Waals surface area (Å²) in [6.45, 7) is 2.98. The summed E-state index contributed by atoms with van der Waals surface area (Å²) in [5.41, 5.74) is 3.29. The number of pyridine rings is 1. The maximum Gasteiger partial charge on any atom is 0.123 e. The highest BCUT2D eigenvalue weighted by atomic mass is 19.1. The van der Waals surface area contributed by atoms with E-state index in [0.29, 0.717) is 24.4 Å². The van der Waals surface area contributed by atoms with Gasteiger partial charge in [0.1, 0.15) is 11.9 Å². The van der Waals surface area contributed by atoms with Gasteiger partial charge in [-0.2, -0.15) is 0 Å². The third kappa shape index (κ3) is 3.76. The van der Waals surface area contributed by atoms with Crippen LogP contribution in [0.5, 0.6) is 0 Å². The first-order valence-corrected chi connectivity index (χ1v) is 8.59. The summed E-state index contributed by atoms with van der Waals surface area (Å²) in [6, 6.07) is 10.4. The first-order valence-electron chi connectivity index (χ1n) is 8.59. The Balaban J connectivity index is 1.57. The number of morpholine rings is 1. The van der Waals surface area contributed by atoms with Gasteiger partial charge in [-0.15, -0.1) is 0 Å². The Hall–Kier alpha value is -2.70. The highest BCUT2D eigenvalue weighted by molar-refractivity contribution is 5.61. The van der Waals surface area contributed by atoms with E-state index in [1.807, 2.05) is 18.3 Å². The predicted molar refractivity (Wildman–Crippen MR) is 95.6 cm³/mol. The maximum absolute atomic E-state index is 13.6. The Kier molecular flexibility index (Phi) is 4.95. The number of ether oxygens (including phenoxy) is 1. The van der Waals surface area contributed by atoms with Crippen molar-refractivity contribution in [2.24, 2.45) is 0 Å². The maximum atomic E-state index is 13.6. The van der Waals surface area contributed by atoms with Crippen LogP contribution in [-0.4, -0.2) is 39.5 Å². The van der Waals surface area contributed by atoms with Crippen LogP contribution in [0.2, 0.25) is 0 Å². The second-order valence-electron chi connectivity index (χ2n) is 6.26. The minimum Gasteiger partial charge on any atom is -0.369 e. The highest BCUT2D eigenvalue weighted by Crippen LogP contribution is 2.29. The van der Waals surface area contributed by atoms with Gasteiger partial charge in [-0.05, 0) is 23.8 Å². The highest BCUT2D eigenvalue weighted by Gasteiger charge is 2.26. The SMILES string of the molecule is Fc1cccc(-c2nccnc2[C@H]2CN(Cc3cccnc3)CCO2)c1. The van der Waals surface area contributed by atoms with E-state index in [2.05, 4.69) is 25.9 Å². The van der Waals surface area contributed by atoms with E-state index in [0.717, 1.165) is 24.3 Å². The van der Waals surface area contributed by atoms with Crippen molar-refractivity contribution in [3.05, 3.63) is 78.3 Å². The average molecular weight is 350 g/mol. The van der Waals surface area contributed by atoms with Gasteiger partial charge in [0.2, 0.25) is 0 Å². The quantitative estimate of drug-likeness (QED) is 0.723. The molecule has 0 N–H and O–H groups in total. The molecule has 3 aromatic rings. The molecule has 0 aliphatic carbocycles. The molecule has 0 amide bonds. The number of hydrogen-bond acceptors (Lipinski definition) is 5. The lowest BCUT2D eigenvalue weighted by Gasteiger charge is -2.33. The summed E-state index contributed by atoms with van der Waals surface area (Å²) >= 11 is 0. The molecule has 0 spiro atoms. The molecule has 1 aliphatic heterocycles. The van der Waals surface area contributed by atoms with Gasteiger partial charge in [0, 0.05) is 50.0 Å². The molecule has 1 aromatic carbocycles. The van der Waals surface area contributed by atoms with Crippen molar-refractivity contribution in [1.29, 1.82) is 0 Å². The smallest absolute Gasteiger partial charge is 0.123 e. The zero-order valence-electron chi connectivity index (χ0n) is 14.3. The van der Waals surface area contributed by atoms with Crippen LogP contribution in [0, 0.1) is 5.82 Å². The van der Waals surface area contributed by atoms with E-state index in [1.165, 1.54) is 12.1 Å². The number of aromatic nitrogens is 3. The summed E-state index contributed by atoms with van der Waals surface area (Å²) in [5, 5.41) is 0. The molecule has 3 heterocycles. The van der Waals surface area contributed by atoms with Crippen LogP contribution in [0.4, 0.5) is 4.39 Å². The Morgan fingerprint density at radius 2 is 2.04 bits per heavy atom. The molecule has 1 aliphatic rings. The Morgan fingerprint density at radius 1 is 1.12 bits per heavy atom. The summed E-state index contributed by atoms with van der Waals surface area (Å²) in [5.74, 6) is -0.290. The van der Waals surface area contributed by atoms with Crippen molar-refractivity contribution in [2.45, 2.75) is 12.6 Å². The lowest BCUT2D eigenvalue weighted by atomic mass is 10.0. The monoisotopic (exact) mass is 350 g/mol. The second kappa shape index (κ2) is 7.68. The van der Waals surface area contributed by atoms with Crippen molar-refractivity contribution < 1.29 is 9.13 Å². The fourth-order valence-electron chi connectivity index (χ4n) is 3.20. The number of nitrogens with zero attached hydrogens (tertiary/aromatic N) is 4. The number of halogens is 1. The Bertz CT molecular complexity index is 874. The van der Waals surface area contributed by atoms with Crippen LogP contribution >= 0.6 is 0 Å². The lowest BCUT2D eigenvalue weighted by Crippen LogP contribution is -2.38. The predicted octanol–water partition coefficient (Wildman–Crippen LogP) is 3.25. The Labute approximate surface area is 151 Å². The fourth-order valence-corrected chi connectivity index (χ4v) is 3.20. The molecule has 6 heteroatoms. The van der Waals surface area contributed by atoms with Crippen LogP contribution in [0.3, 0.4) is 0 Å². The van der Waals surface area contributed by atoms with Gasteiger partial charge >= 0.3 is 0 Å². The molecule has 0 bridgehead atoms. The van der Waals surface area contributed by atoms with E-state index in [1.54, 1.807) is 24.7 Å². The molecule has 132 valence electrons. The minimum absolute atomic E-state index is 0.201. The van der Waals surface area contributed by atoms with Crippen LogP contribution < -0.4 is 0 Å². The van der Waals surface area contributed by atoms with Crippen LogP contribution in [0.15, 0.2) is 61.2 Å². The summed E-state index contributed by atoms with van der Waals surface area (Å²) < 4.78 is 19.6. The van der Waals surface area contributed by atoms with Gasteiger partial charge in [0.05, 0.1) is 18.0 Å².